The first kappa shape index (κ1) is 14.0. The summed E-state index contributed by atoms with van der Waals surface area (Å²) in [6, 6.07) is 7.10. The number of nitrogens with zero attached hydrogens (tertiary/aromatic N) is 2. The molecule has 1 amide bonds. The van der Waals surface area contributed by atoms with Crippen LogP contribution in [0.25, 0.3) is 0 Å². The van der Waals surface area contributed by atoms with Gasteiger partial charge in [0.25, 0.3) is 5.91 Å². The molecule has 0 bridgehead atoms. The van der Waals surface area contributed by atoms with E-state index in [0.29, 0.717) is 25.1 Å². The number of hydrogen-bond acceptors (Lipinski definition) is 4. The standard InChI is InChI=1S/C15H17N3O2/c1-2-20-14-5-3-13(4-6-14)15(19)18-8-7-12-9-16-11-17-10-12/h3-6,9-11H,2,7-8H2,1H3,(H,18,19). The van der Waals surface area contributed by atoms with Crippen molar-refractivity contribution in [3.63, 3.8) is 0 Å². The van der Waals surface area contributed by atoms with Gasteiger partial charge in [0, 0.05) is 24.5 Å². The van der Waals surface area contributed by atoms with Gasteiger partial charge in [-0.15, -0.1) is 0 Å². The molecule has 0 fully saturated rings. The molecular weight excluding hydrogens is 254 g/mol. The molecule has 1 aromatic carbocycles. The SMILES string of the molecule is CCOc1ccc(C(=O)NCCc2cncnc2)cc1. The van der Waals surface area contributed by atoms with Crippen molar-refractivity contribution in [2.75, 3.05) is 13.2 Å². The van der Waals surface area contributed by atoms with Gasteiger partial charge in [-0.3, -0.25) is 4.79 Å². The van der Waals surface area contributed by atoms with Gasteiger partial charge in [0.2, 0.25) is 0 Å². The van der Waals surface area contributed by atoms with Crippen molar-refractivity contribution in [2.45, 2.75) is 13.3 Å². The molecule has 20 heavy (non-hydrogen) atoms. The highest BCUT2D eigenvalue weighted by Crippen LogP contribution is 2.11. The maximum Gasteiger partial charge on any atom is 0.251 e. The van der Waals surface area contributed by atoms with Gasteiger partial charge in [-0.2, -0.15) is 0 Å². The van der Waals surface area contributed by atoms with Gasteiger partial charge < -0.3 is 10.1 Å². The number of benzene rings is 1. The largest absolute Gasteiger partial charge is 0.494 e. The van der Waals surface area contributed by atoms with Crippen LogP contribution in [0.3, 0.4) is 0 Å². The molecule has 0 unspecified atom stereocenters. The topological polar surface area (TPSA) is 64.1 Å². The van der Waals surface area contributed by atoms with Crippen LogP contribution in [0.2, 0.25) is 0 Å². The molecule has 0 spiro atoms. The Morgan fingerprint density at radius 1 is 1.20 bits per heavy atom. The van der Waals surface area contributed by atoms with E-state index in [-0.39, 0.29) is 5.91 Å². The quantitative estimate of drug-likeness (QED) is 0.870. The Labute approximate surface area is 118 Å². The highest BCUT2D eigenvalue weighted by atomic mass is 16.5. The highest BCUT2D eigenvalue weighted by molar-refractivity contribution is 5.94. The van der Waals surface area contributed by atoms with Gasteiger partial charge in [-0.25, -0.2) is 9.97 Å². The summed E-state index contributed by atoms with van der Waals surface area (Å²) >= 11 is 0. The lowest BCUT2D eigenvalue weighted by Gasteiger charge is -2.06. The average molecular weight is 271 g/mol. The zero-order valence-electron chi connectivity index (χ0n) is 11.4. The molecule has 5 heteroatoms. The normalized spacial score (nSPS) is 10.1. The molecule has 104 valence electrons. The number of ether oxygens (including phenoxy) is 1. The zero-order chi connectivity index (χ0) is 14.2. The lowest BCUT2D eigenvalue weighted by Crippen LogP contribution is -2.25. The Balaban J connectivity index is 1.82. The summed E-state index contributed by atoms with van der Waals surface area (Å²) in [6.07, 6.45) is 5.69. The van der Waals surface area contributed by atoms with Crippen LogP contribution in [0.4, 0.5) is 0 Å². The van der Waals surface area contributed by atoms with Crippen LogP contribution in [-0.4, -0.2) is 29.0 Å². The van der Waals surface area contributed by atoms with Crippen LogP contribution in [0.15, 0.2) is 43.0 Å². The van der Waals surface area contributed by atoms with Crippen molar-refractivity contribution < 1.29 is 9.53 Å². The Kier molecular flexibility index (Phi) is 5.06. The molecule has 0 atom stereocenters. The van der Waals surface area contributed by atoms with Gasteiger partial charge in [0.05, 0.1) is 6.61 Å². The lowest BCUT2D eigenvalue weighted by atomic mass is 10.2. The van der Waals surface area contributed by atoms with Crippen LogP contribution in [0, 0.1) is 0 Å². The fraction of sp³-hybridized carbons (Fsp3) is 0.267. The molecule has 2 rings (SSSR count). The highest BCUT2D eigenvalue weighted by Gasteiger charge is 2.05. The summed E-state index contributed by atoms with van der Waals surface area (Å²) in [7, 11) is 0. The minimum absolute atomic E-state index is 0.0927. The Morgan fingerprint density at radius 2 is 1.90 bits per heavy atom. The van der Waals surface area contributed by atoms with Gasteiger partial charge in [0.1, 0.15) is 12.1 Å². The van der Waals surface area contributed by atoms with E-state index in [4.69, 9.17) is 4.74 Å². The first-order chi connectivity index (χ1) is 9.79. The van der Waals surface area contributed by atoms with Gasteiger partial charge in [-0.1, -0.05) is 0 Å². The van der Waals surface area contributed by atoms with E-state index >= 15 is 0 Å². The van der Waals surface area contributed by atoms with Crippen LogP contribution < -0.4 is 10.1 Å². The molecule has 1 N–H and O–H groups in total. The summed E-state index contributed by atoms with van der Waals surface area (Å²) in [5, 5.41) is 2.86. The Morgan fingerprint density at radius 3 is 2.55 bits per heavy atom. The third-order valence-corrected chi connectivity index (χ3v) is 2.74. The Hall–Kier alpha value is -2.43. The number of carbonyl (C=O) groups is 1. The van der Waals surface area contributed by atoms with E-state index in [1.54, 1.807) is 36.7 Å². The van der Waals surface area contributed by atoms with E-state index in [1.165, 1.54) is 6.33 Å². The number of amides is 1. The van der Waals surface area contributed by atoms with Crippen LogP contribution in [0.1, 0.15) is 22.8 Å². The maximum absolute atomic E-state index is 11.9. The van der Waals surface area contributed by atoms with Gasteiger partial charge in [-0.05, 0) is 43.2 Å². The van der Waals surface area contributed by atoms with Crippen molar-refractivity contribution in [1.82, 2.24) is 15.3 Å². The molecule has 5 nitrogen and oxygen atoms in total. The Bertz CT molecular complexity index is 541. The molecular formula is C15H17N3O2. The van der Waals surface area contributed by atoms with Crippen molar-refractivity contribution in [3.8, 4) is 5.75 Å². The molecule has 1 aromatic heterocycles. The monoisotopic (exact) mass is 271 g/mol. The van der Waals surface area contributed by atoms with Gasteiger partial charge >= 0.3 is 0 Å². The predicted molar refractivity (Wildman–Crippen MR) is 75.7 cm³/mol. The van der Waals surface area contributed by atoms with Crippen molar-refractivity contribution >= 4 is 5.91 Å². The predicted octanol–water partition coefficient (Wildman–Crippen LogP) is 1.85. The molecule has 2 aromatic rings. The summed E-state index contributed by atoms with van der Waals surface area (Å²) in [5.41, 5.74) is 1.62. The number of nitrogens with one attached hydrogen (secondary N) is 1. The molecule has 0 aliphatic heterocycles. The summed E-state index contributed by atoms with van der Waals surface area (Å²) in [6.45, 7) is 3.10. The minimum Gasteiger partial charge on any atom is -0.494 e. The second-order valence-electron chi connectivity index (χ2n) is 4.21. The zero-order valence-corrected chi connectivity index (χ0v) is 11.4. The van der Waals surface area contributed by atoms with Crippen molar-refractivity contribution in [2.24, 2.45) is 0 Å². The number of carbonyl (C=O) groups excluding carboxylic acids is 1. The number of aromatic nitrogens is 2. The second kappa shape index (κ2) is 7.23. The van der Waals surface area contributed by atoms with Crippen molar-refractivity contribution in [1.29, 1.82) is 0 Å². The first-order valence-corrected chi connectivity index (χ1v) is 6.54. The molecule has 0 aliphatic carbocycles. The van der Waals surface area contributed by atoms with E-state index in [9.17, 15) is 4.79 Å². The van der Waals surface area contributed by atoms with E-state index in [2.05, 4.69) is 15.3 Å². The third-order valence-electron chi connectivity index (χ3n) is 2.74. The second-order valence-corrected chi connectivity index (χ2v) is 4.21. The fourth-order valence-electron chi connectivity index (χ4n) is 1.75. The third kappa shape index (κ3) is 4.05. The maximum atomic E-state index is 11.9. The van der Waals surface area contributed by atoms with E-state index < -0.39 is 0 Å². The molecule has 0 saturated carbocycles. The first-order valence-electron chi connectivity index (χ1n) is 6.54. The van der Waals surface area contributed by atoms with Crippen LogP contribution in [0.5, 0.6) is 5.75 Å². The average Bonchev–Trinajstić information content (AvgIpc) is 2.49. The van der Waals surface area contributed by atoms with E-state index in [0.717, 1.165) is 11.3 Å². The fourth-order valence-corrected chi connectivity index (χ4v) is 1.75. The summed E-state index contributed by atoms with van der Waals surface area (Å²) in [4.78, 5) is 19.8. The minimum atomic E-state index is -0.0927. The van der Waals surface area contributed by atoms with Gasteiger partial charge in [0.15, 0.2) is 0 Å². The smallest absolute Gasteiger partial charge is 0.251 e. The van der Waals surface area contributed by atoms with E-state index in [1.807, 2.05) is 6.92 Å². The number of rotatable bonds is 6. The number of hydrogen-bond donors (Lipinski definition) is 1. The molecule has 0 radical (unpaired) electrons. The van der Waals surface area contributed by atoms with Crippen LogP contribution >= 0.6 is 0 Å². The molecule has 0 aliphatic rings. The van der Waals surface area contributed by atoms with Crippen LogP contribution in [-0.2, 0) is 6.42 Å². The molecule has 1 heterocycles. The molecule has 0 saturated heterocycles. The summed E-state index contributed by atoms with van der Waals surface area (Å²) in [5.74, 6) is 0.676. The summed E-state index contributed by atoms with van der Waals surface area (Å²) < 4.78 is 5.33. The van der Waals surface area contributed by atoms with Crippen molar-refractivity contribution in [3.05, 3.63) is 54.1 Å². The lowest BCUT2D eigenvalue weighted by molar-refractivity contribution is 0.0954.